The van der Waals surface area contributed by atoms with Crippen LogP contribution in [0.3, 0.4) is 0 Å². The van der Waals surface area contributed by atoms with Crippen LogP contribution in [-0.2, 0) is 0 Å². The largest absolute Gasteiger partial charge is 0.354 e. The van der Waals surface area contributed by atoms with Crippen LogP contribution in [-0.4, -0.2) is 41.3 Å². The second kappa shape index (κ2) is 6.48. The zero-order valence-corrected chi connectivity index (χ0v) is 12.1. The minimum atomic E-state index is -0.407. The van der Waals surface area contributed by atoms with E-state index in [1.807, 2.05) is 12.1 Å². The summed E-state index contributed by atoms with van der Waals surface area (Å²) in [5.41, 5.74) is 1.40. The summed E-state index contributed by atoms with van der Waals surface area (Å²) in [6.45, 7) is 3.83. The highest BCUT2D eigenvalue weighted by Crippen LogP contribution is 2.23. The molecule has 0 aliphatic carbocycles. The lowest BCUT2D eigenvalue weighted by molar-refractivity contribution is -0.384. The Balaban J connectivity index is 1.81. The predicted molar refractivity (Wildman–Crippen MR) is 83.8 cm³/mol. The molecule has 114 valence electrons. The predicted octanol–water partition coefficient (Wildman–Crippen LogP) is 1.85. The third kappa shape index (κ3) is 3.20. The van der Waals surface area contributed by atoms with Gasteiger partial charge in [0.25, 0.3) is 5.69 Å². The van der Waals surface area contributed by atoms with Crippen LogP contribution in [0, 0.1) is 10.1 Å². The maximum atomic E-state index is 10.8. The Labute approximate surface area is 128 Å². The van der Waals surface area contributed by atoms with Gasteiger partial charge in [-0.3, -0.25) is 10.1 Å². The van der Waals surface area contributed by atoms with Gasteiger partial charge in [0.15, 0.2) is 5.82 Å². The van der Waals surface area contributed by atoms with E-state index in [4.69, 9.17) is 0 Å². The molecule has 1 saturated heterocycles. The van der Waals surface area contributed by atoms with Crippen LogP contribution in [0.1, 0.15) is 6.42 Å². The van der Waals surface area contributed by atoms with E-state index in [1.165, 1.54) is 12.1 Å². The number of hydrogen-bond donors (Lipinski definition) is 1. The van der Waals surface area contributed by atoms with Gasteiger partial charge in [-0.2, -0.15) is 0 Å². The van der Waals surface area contributed by atoms with Gasteiger partial charge in [0, 0.05) is 37.3 Å². The summed E-state index contributed by atoms with van der Waals surface area (Å²) in [4.78, 5) is 12.6. The van der Waals surface area contributed by atoms with E-state index in [2.05, 4.69) is 20.4 Å². The average molecular weight is 299 g/mol. The highest BCUT2D eigenvalue weighted by Gasteiger charge is 2.12. The number of hydrogen-bond acceptors (Lipinski definition) is 6. The number of nitrogens with zero attached hydrogens (tertiary/aromatic N) is 4. The second-order valence-corrected chi connectivity index (χ2v) is 5.17. The van der Waals surface area contributed by atoms with E-state index in [-0.39, 0.29) is 5.69 Å². The quantitative estimate of drug-likeness (QED) is 0.688. The van der Waals surface area contributed by atoms with Gasteiger partial charge >= 0.3 is 0 Å². The number of anilines is 1. The van der Waals surface area contributed by atoms with Crippen LogP contribution in [0.5, 0.6) is 0 Å². The summed E-state index contributed by atoms with van der Waals surface area (Å²) < 4.78 is 0. The Morgan fingerprint density at radius 1 is 1.14 bits per heavy atom. The monoisotopic (exact) mass is 299 g/mol. The van der Waals surface area contributed by atoms with Gasteiger partial charge in [-0.15, -0.1) is 10.2 Å². The summed E-state index contributed by atoms with van der Waals surface area (Å²) in [5, 5.41) is 22.7. The van der Waals surface area contributed by atoms with E-state index < -0.39 is 4.92 Å². The number of nitrogens with one attached hydrogen (secondary N) is 1. The molecular formula is C15H17N5O2. The van der Waals surface area contributed by atoms with Gasteiger partial charge in [0.2, 0.25) is 0 Å². The fraction of sp³-hybridized carbons (Fsp3) is 0.333. The smallest absolute Gasteiger partial charge is 0.270 e. The topological polar surface area (TPSA) is 84.2 Å². The molecule has 0 spiro atoms. The molecule has 3 rings (SSSR count). The Morgan fingerprint density at radius 3 is 2.82 bits per heavy atom. The van der Waals surface area contributed by atoms with Crippen LogP contribution >= 0.6 is 0 Å². The molecule has 1 N–H and O–H groups in total. The molecule has 0 saturated carbocycles. The Morgan fingerprint density at radius 2 is 2.05 bits per heavy atom. The molecule has 2 heterocycles. The molecule has 1 aromatic heterocycles. The first-order chi connectivity index (χ1) is 10.7. The molecule has 1 aliphatic heterocycles. The van der Waals surface area contributed by atoms with Crippen LogP contribution in [0.15, 0.2) is 36.4 Å². The van der Waals surface area contributed by atoms with Crippen LogP contribution in [0.25, 0.3) is 11.3 Å². The van der Waals surface area contributed by atoms with Gasteiger partial charge in [-0.25, -0.2) is 0 Å². The number of aromatic nitrogens is 2. The van der Waals surface area contributed by atoms with Crippen molar-refractivity contribution in [2.24, 2.45) is 0 Å². The Kier molecular flexibility index (Phi) is 4.24. The van der Waals surface area contributed by atoms with Crippen molar-refractivity contribution in [2.75, 3.05) is 31.1 Å². The van der Waals surface area contributed by atoms with Crippen LogP contribution < -0.4 is 10.2 Å². The van der Waals surface area contributed by atoms with Crippen LogP contribution in [0.4, 0.5) is 11.5 Å². The summed E-state index contributed by atoms with van der Waals surface area (Å²) >= 11 is 0. The number of benzene rings is 1. The highest BCUT2D eigenvalue weighted by molar-refractivity contribution is 5.62. The fourth-order valence-corrected chi connectivity index (χ4v) is 2.50. The van der Waals surface area contributed by atoms with Gasteiger partial charge in [-0.1, -0.05) is 12.1 Å². The Hall–Kier alpha value is -2.54. The maximum absolute atomic E-state index is 10.8. The summed E-state index contributed by atoms with van der Waals surface area (Å²) in [7, 11) is 0. The first-order valence-corrected chi connectivity index (χ1v) is 7.28. The summed E-state index contributed by atoms with van der Waals surface area (Å²) in [5.74, 6) is 0.845. The normalized spacial score (nSPS) is 15.4. The molecule has 0 radical (unpaired) electrons. The zero-order valence-electron chi connectivity index (χ0n) is 12.1. The average Bonchev–Trinajstić information content (AvgIpc) is 2.84. The van der Waals surface area contributed by atoms with Crippen LogP contribution in [0.2, 0.25) is 0 Å². The van der Waals surface area contributed by atoms with E-state index in [0.717, 1.165) is 38.4 Å². The maximum Gasteiger partial charge on any atom is 0.270 e. The molecule has 7 heteroatoms. The standard InChI is InChI=1S/C15H17N5O2/c21-20(22)13-4-1-3-12(11-13)14-5-6-15(18-17-14)19-9-2-7-16-8-10-19/h1,3-6,11,16H,2,7-10H2. The minimum absolute atomic E-state index is 0.0574. The SMILES string of the molecule is O=[N+]([O-])c1cccc(-c2ccc(N3CCCNCC3)nn2)c1. The lowest BCUT2D eigenvalue weighted by Crippen LogP contribution is -2.28. The van der Waals surface area contributed by atoms with Crippen molar-refractivity contribution < 1.29 is 4.92 Å². The van der Waals surface area contributed by atoms with E-state index in [1.54, 1.807) is 12.1 Å². The first kappa shape index (κ1) is 14.4. The number of non-ortho nitro benzene ring substituents is 1. The van der Waals surface area contributed by atoms with Gasteiger partial charge in [-0.05, 0) is 25.1 Å². The van der Waals surface area contributed by atoms with Crippen molar-refractivity contribution in [3.05, 3.63) is 46.5 Å². The van der Waals surface area contributed by atoms with Crippen molar-refractivity contribution in [1.29, 1.82) is 0 Å². The molecule has 2 aromatic rings. The molecule has 0 bridgehead atoms. The van der Waals surface area contributed by atoms with E-state index >= 15 is 0 Å². The first-order valence-electron chi connectivity index (χ1n) is 7.28. The van der Waals surface area contributed by atoms with Gasteiger partial charge in [0.1, 0.15) is 0 Å². The Bertz CT molecular complexity index is 651. The van der Waals surface area contributed by atoms with Crippen molar-refractivity contribution in [1.82, 2.24) is 15.5 Å². The molecular weight excluding hydrogens is 282 g/mol. The van der Waals surface area contributed by atoms with Gasteiger partial charge in [0.05, 0.1) is 10.6 Å². The molecule has 1 fully saturated rings. The number of nitro benzene ring substituents is 1. The highest BCUT2D eigenvalue weighted by atomic mass is 16.6. The third-order valence-electron chi connectivity index (χ3n) is 3.67. The minimum Gasteiger partial charge on any atom is -0.354 e. The van der Waals surface area contributed by atoms with E-state index in [9.17, 15) is 10.1 Å². The molecule has 7 nitrogen and oxygen atoms in total. The van der Waals surface area contributed by atoms with Crippen molar-refractivity contribution in [3.63, 3.8) is 0 Å². The summed E-state index contributed by atoms with van der Waals surface area (Å²) in [6.07, 6.45) is 1.08. The molecule has 0 atom stereocenters. The van der Waals surface area contributed by atoms with Crippen molar-refractivity contribution in [3.8, 4) is 11.3 Å². The molecule has 0 amide bonds. The molecule has 22 heavy (non-hydrogen) atoms. The number of nitro groups is 1. The lowest BCUT2D eigenvalue weighted by atomic mass is 10.1. The second-order valence-electron chi connectivity index (χ2n) is 5.17. The van der Waals surface area contributed by atoms with Crippen molar-refractivity contribution >= 4 is 11.5 Å². The third-order valence-corrected chi connectivity index (χ3v) is 3.67. The fourth-order valence-electron chi connectivity index (χ4n) is 2.50. The molecule has 1 aliphatic rings. The lowest BCUT2D eigenvalue weighted by Gasteiger charge is -2.20. The number of rotatable bonds is 3. The molecule has 1 aromatic carbocycles. The zero-order chi connectivity index (χ0) is 15.4. The van der Waals surface area contributed by atoms with E-state index in [0.29, 0.717) is 11.3 Å². The summed E-state index contributed by atoms with van der Waals surface area (Å²) in [6, 6.07) is 10.2. The molecule has 0 unspecified atom stereocenters. The van der Waals surface area contributed by atoms with Gasteiger partial charge < -0.3 is 10.2 Å². The van der Waals surface area contributed by atoms with Crippen molar-refractivity contribution in [2.45, 2.75) is 6.42 Å².